The van der Waals surface area contributed by atoms with E-state index in [2.05, 4.69) is 10.3 Å². The number of nitrogens with one attached hydrogen (secondary N) is 2. The molecule has 0 aliphatic carbocycles. The van der Waals surface area contributed by atoms with Gasteiger partial charge in [-0.2, -0.15) is 0 Å². The Morgan fingerprint density at radius 3 is 2.67 bits per heavy atom. The number of carbonyl (C=O) groups excluding carboxylic acids is 3. The van der Waals surface area contributed by atoms with Gasteiger partial charge in [-0.1, -0.05) is 24.4 Å². The molecule has 2 aliphatic rings. The quantitative estimate of drug-likeness (QED) is 0.688. The molecule has 0 spiro atoms. The first kappa shape index (κ1) is 20.7. The highest BCUT2D eigenvalue weighted by atomic mass is 35.5. The Hall–Kier alpha value is -2.54. The number of H-pyrrole nitrogens is 1. The number of hydrogen-bond acceptors (Lipinski definition) is 3. The second-order valence-electron chi connectivity index (χ2n) is 8.08. The molecule has 3 heterocycles. The average Bonchev–Trinajstić information content (AvgIpc) is 3.10. The second kappa shape index (κ2) is 9.08. The van der Waals surface area contributed by atoms with Gasteiger partial charge in [0.15, 0.2) is 0 Å². The molecular weight excluding hydrogens is 404 g/mol. The maximum Gasteiger partial charge on any atom is 0.324 e. The minimum Gasteiger partial charge on any atom is -0.361 e. The van der Waals surface area contributed by atoms with Crippen molar-refractivity contribution in [2.45, 2.75) is 51.0 Å². The molecule has 2 aromatic rings. The molecule has 0 bridgehead atoms. The van der Waals surface area contributed by atoms with Crippen molar-refractivity contribution in [3.05, 3.63) is 35.0 Å². The minimum absolute atomic E-state index is 0.0769. The largest absolute Gasteiger partial charge is 0.361 e. The van der Waals surface area contributed by atoms with E-state index in [1.807, 2.05) is 29.3 Å². The van der Waals surface area contributed by atoms with Crippen LogP contribution in [0.25, 0.3) is 10.9 Å². The highest BCUT2D eigenvalue weighted by molar-refractivity contribution is 6.31. The predicted octanol–water partition coefficient (Wildman–Crippen LogP) is 3.47. The van der Waals surface area contributed by atoms with Crippen LogP contribution in [0.1, 0.15) is 44.1 Å². The molecule has 4 amide bonds. The monoisotopic (exact) mass is 430 g/mol. The van der Waals surface area contributed by atoms with Gasteiger partial charge in [0.25, 0.3) is 5.91 Å². The van der Waals surface area contributed by atoms with E-state index in [-0.39, 0.29) is 24.3 Å². The van der Waals surface area contributed by atoms with E-state index < -0.39 is 6.04 Å². The topological polar surface area (TPSA) is 85.5 Å². The number of fused-ring (bicyclic) bond motifs is 1. The van der Waals surface area contributed by atoms with Crippen molar-refractivity contribution in [1.29, 1.82) is 0 Å². The summed E-state index contributed by atoms with van der Waals surface area (Å²) in [5.74, 6) is -0.172. The molecule has 0 unspecified atom stereocenters. The van der Waals surface area contributed by atoms with Crippen LogP contribution >= 0.6 is 11.6 Å². The smallest absolute Gasteiger partial charge is 0.324 e. The summed E-state index contributed by atoms with van der Waals surface area (Å²) >= 11 is 6.09. The van der Waals surface area contributed by atoms with Crippen molar-refractivity contribution < 1.29 is 14.4 Å². The van der Waals surface area contributed by atoms with Crippen LogP contribution in [-0.2, 0) is 16.0 Å². The number of aromatic amines is 1. The third kappa shape index (κ3) is 4.46. The van der Waals surface area contributed by atoms with Crippen LogP contribution in [0.5, 0.6) is 0 Å². The molecule has 7 nitrogen and oxygen atoms in total. The van der Waals surface area contributed by atoms with Crippen LogP contribution in [0.3, 0.4) is 0 Å². The first-order valence-electron chi connectivity index (χ1n) is 10.7. The van der Waals surface area contributed by atoms with Gasteiger partial charge in [0, 0.05) is 48.2 Å². The summed E-state index contributed by atoms with van der Waals surface area (Å²) in [6.07, 6.45) is 7.46. The standard InChI is InChI=1S/C22H27ClN4O3/c23-16-5-6-18-17(13-16)15(14-24-18)9-12-27-21(29)19(25-22(27)30)7-8-20(28)26-10-3-1-2-4-11-26/h5-6,13-14,19,24H,1-4,7-12H2,(H,25,30)/t19-/m0/s1. The number of carbonyl (C=O) groups is 3. The summed E-state index contributed by atoms with van der Waals surface area (Å²) in [4.78, 5) is 43.9. The molecule has 1 aromatic heterocycles. The van der Waals surface area contributed by atoms with E-state index in [4.69, 9.17) is 11.6 Å². The Balaban J connectivity index is 1.32. The fraction of sp³-hybridized carbons (Fsp3) is 0.500. The van der Waals surface area contributed by atoms with Crippen LogP contribution in [0.2, 0.25) is 5.02 Å². The molecule has 8 heteroatoms. The predicted molar refractivity (Wildman–Crippen MR) is 115 cm³/mol. The number of hydrogen-bond donors (Lipinski definition) is 2. The van der Waals surface area contributed by atoms with Crippen molar-refractivity contribution in [2.24, 2.45) is 0 Å². The molecule has 1 aromatic carbocycles. The van der Waals surface area contributed by atoms with Crippen molar-refractivity contribution in [1.82, 2.24) is 20.1 Å². The van der Waals surface area contributed by atoms with Crippen LogP contribution in [0.15, 0.2) is 24.4 Å². The summed E-state index contributed by atoms with van der Waals surface area (Å²) in [5, 5.41) is 4.38. The fourth-order valence-electron chi connectivity index (χ4n) is 4.32. The van der Waals surface area contributed by atoms with Gasteiger partial charge in [-0.15, -0.1) is 0 Å². The normalized spacial score (nSPS) is 20.0. The average molecular weight is 431 g/mol. The van der Waals surface area contributed by atoms with Crippen LogP contribution in [0, 0.1) is 0 Å². The number of rotatable bonds is 6. The van der Waals surface area contributed by atoms with Gasteiger partial charge >= 0.3 is 6.03 Å². The van der Waals surface area contributed by atoms with Gasteiger partial charge in [0.2, 0.25) is 5.91 Å². The van der Waals surface area contributed by atoms with Gasteiger partial charge < -0.3 is 15.2 Å². The molecule has 2 aliphatic heterocycles. The zero-order valence-corrected chi connectivity index (χ0v) is 17.7. The van der Waals surface area contributed by atoms with Crippen LogP contribution in [0.4, 0.5) is 4.79 Å². The SMILES string of the molecule is O=C(CC[C@@H]1NC(=O)N(CCc2c[nH]c3ccc(Cl)cc23)C1=O)N1CCCCCC1. The zero-order valence-electron chi connectivity index (χ0n) is 17.0. The Bertz CT molecular complexity index is 949. The maximum absolute atomic E-state index is 12.7. The molecular formula is C22H27ClN4O3. The minimum atomic E-state index is -0.620. The Labute approximate surface area is 180 Å². The first-order chi connectivity index (χ1) is 14.5. The lowest BCUT2D eigenvalue weighted by Crippen LogP contribution is -2.35. The molecule has 2 fully saturated rings. The Kier molecular flexibility index (Phi) is 6.27. The van der Waals surface area contributed by atoms with E-state index in [0.717, 1.165) is 42.4 Å². The second-order valence-corrected chi connectivity index (χ2v) is 8.52. The van der Waals surface area contributed by atoms with Crippen molar-refractivity contribution in [3.63, 3.8) is 0 Å². The van der Waals surface area contributed by atoms with E-state index in [1.54, 1.807) is 0 Å². The van der Waals surface area contributed by atoms with E-state index in [9.17, 15) is 14.4 Å². The highest BCUT2D eigenvalue weighted by Gasteiger charge is 2.37. The number of urea groups is 1. The molecule has 2 saturated heterocycles. The van der Waals surface area contributed by atoms with Crippen LogP contribution in [-0.4, -0.2) is 58.3 Å². The number of aromatic nitrogens is 1. The van der Waals surface area contributed by atoms with Gasteiger partial charge in [0.1, 0.15) is 6.04 Å². The first-order valence-corrected chi connectivity index (χ1v) is 11.1. The number of halogens is 1. The molecule has 30 heavy (non-hydrogen) atoms. The molecule has 4 rings (SSSR count). The fourth-order valence-corrected chi connectivity index (χ4v) is 4.49. The van der Waals surface area contributed by atoms with Crippen LogP contribution < -0.4 is 5.32 Å². The van der Waals surface area contributed by atoms with Crippen molar-refractivity contribution in [3.8, 4) is 0 Å². The lowest BCUT2D eigenvalue weighted by atomic mass is 10.1. The summed E-state index contributed by atoms with van der Waals surface area (Å²) in [6.45, 7) is 1.88. The van der Waals surface area contributed by atoms with E-state index >= 15 is 0 Å². The van der Waals surface area contributed by atoms with E-state index in [1.165, 1.54) is 17.7 Å². The van der Waals surface area contributed by atoms with Gasteiger partial charge in [0.05, 0.1) is 0 Å². The maximum atomic E-state index is 12.7. The molecule has 0 radical (unpaired) electrons. The Morgan fingerprint density at radius 2 is 1.90 bits per heavy atom. The molecule has 2 N–H and O–H groups in total. The van der Waals surface area contributed by atoms with Gasteiger partial charge in [-0.05, 0) is 49.4 Å². The lowest BCUT2D eigenvalue weighted by Gasteiger charge is -2.20. The van der Waals surface area contributed by atoms with Crippen molar-refractivity contribution >= 4 is 40.3 Å². The van der Waals surface area contributed by atoms with Gasteiger partial charge in [-0.3, -0.25) is 14.5 Å². The summed E-state index contributed by atoms with van der Waals surface area (Å²) < 4.78 is 0. The number of nitrogens with zero attached hydrogens (tertiary/aromatic N) is 2. The van der Waals surface area contributed by atoms with Crippen molar-refractivity contribution in [2.75, 3.05) is 19.6 Å². The third-order valence-corrected chi connectivity index (χ3v) is 6.28. The summed E-state index contributed by atoms with van der Waals surface area (Å²) in [7, 11) is 0. The number of likely N-dealkylation sites (tertiary alicyclic amines) is 1. The van der Waals surface area contributed by atoms with Gasteiger partial charge in [-0.25, -0.2) is 4.79 Å². The summed E-state index contributed by atoms with van der Waals surface area (Å²) in [6, 6.07) is 4.60. The Morgan fingerprint density at radius 1 is 1.13 bits per heavy atom. The number of amides is 4. The molecule has 1 atom stereocenters. The highest BCUT2D eigenvalue weighted by Crippen LogP contribution is 2.23. The third-order valence-electron chi connectivity index (χ3n) is 6.05. The number of imide groups is 1. The molecule has 160 valence electrons. The molecule has 0 saturated carbocycles. The zero-order chi connectivity index (χ0) is 21.1. The lowest BCUT2D eigenvalue weighted by molar-refractivity contribution is -0.131. The summed E-state index contributed by atoms with van der Waals surface area (Å²) in [5.41, 5.74) is 1.98. The van der Waals surface area contributed by atoms with E-state index in [0.29, 0.717) is 24.4 Å². The number of benzene rings is 1.